The molecule has 9 heteroatoms. The molecule has 2 aromatic heterocycles. The van der Waals surface area contributed by atoms with Gasteiger partial charge in [-0.15, -0.1) is 28.8 Å². The van der Waals surface area contributed by atoms with Gasteiger partial charge < -0.3 is 10.6 Å². The number of carbonyl (C=O) groups excluding carboxylic acids is 1. The highest BCUT2D eigenvalue weighted by Gasteiger charge is 2.18. The third-order valence-corrected chi connectivity index (χ3v) is 4.02. The Morgan fingerprint density at radius 1 is 1.60 bits per heavy atom. The predicted molar refractivity (Wildman–Crippen MR) is 77.6 cm³/mol. The van der Waals surface area contributed by atoms with E-state index in [1.54, 1.807) is 0 Å². The van der Waals surface area contributed by atoms with Gasteiger partial charge in [-0.1, -0.05) is 0 Å². The number of halogens is 1. The number of hydrogen-bond donors (Lipinski definition) is 2. The van der Waals surface area contributed by atoms with Crippen molar-refractivity contribution in [2.45, 2.75) is 18.9 Å². The van der Waals surface area contributed by atoms with Crippen LogP contribution in [0.25, 0.3) is 5.69 Å². The Labute approximate surface area is 126 Å². The molecule has 1 unspecified atom stereocenters. The van der Waals surface area contributed by atoms with E-state index in [2.05, 4.69) is 26.2 Å². The van der Waals surface area contributed by atoms with Gasteiger partial charge in [0.2, 0.25) is 0 Å². The second-order valence-corrected chi connectivity index (χ2v) is 5.31. The topological polar surface area (TPSA) is 84.7 Å². The molecule has 1 saturated heterocycles. The van der Waals surface area contributed by atoms with E-state index < -0.39 is 0 Å². The summed E-state index contributed by atoms with van der Waals surface area (Å²) >= 11 is 1.39. The lowest BCUT2D eigenvalue weighted by Crippen LogP contribution is -2.37. The molecule has 1 amide bonds. The zero-order valence-corrected chi connectivity index (χ0v) is 12.3. The van der Waals surface area contributed by atoms with E-state index >= 15 is 0 Å². The summed E-state index contributed by atoms with van der Waals surface area (Å²) in [5.74, 6) is -0.0748. The van der Waals surface area contributed by atoms with Crippen LogP contribution in [-0.2, 0) is 0 Å². The van der Waals surface area contributed by atoms with Gasteiger partial charge in [0.15, 0.2) is 0 Å². The molecule has 0 aliphatic carbocycles. The molecular formula is C11H15ClN6OS. The number of tetrazole rings is 1. The average molecular weight is 315 g/mol. The molecule has 3 heterocycles. The molecule has 0 aromatic carbocycles. The summed E-state index contributed by atoms with van der Waals surface area (Å²) in [5.41, 5.74) is 0.715. The van der Waals surface area contributed by atoms with Gasteiger partial charge in [0.25, 0.3) is 5.91 Å². The van der Waals surface area contributed by atoms with E-state index in [0.29, 0.717) is 23.2 Å². The first-order valence-electron chi connectivity index (χ1n) is 6.17. The zero-order valence-electron chi connectivity index (χ0n) is 10.7. The molecular weight excluding hydrogens is 300 g/mol. The van der Waals surface area contributed by atoms with Crippen LogP contribution in [0.15, 0.2) is 17.8 Å². The molecule has 7 nitrogen and oxygen atoms in total. The fourth-order valence-corrected chi connectivity index (χ4v) is 2.95. The Bertz CT molecular complexity index is 551. The number of thiophene rings is 1. The number of rotatable bonds is 4. The van der Waals surface area contributed by atoms with Crippen molar-refractivity contribution in [3.8, 4) is 5.69 Å². The second kappa shape index (κ2) is 6.78. The number of hydrogen-bond acceptors (Lipinski definition) is 6. The Hall–Kier alpha value is -1.51. The Kier molecular flexibility index (Phi) is 5.05. The van der Waals surface area contributed by atoms with Crippen molar-refractivity contribution in [1.29, 1.82) is 0 Å². The quantitative estimate of drug-likeness (QED) is 0.864. The first-order valence-corrected chi connectivity index (χ1v) is 7.05. The molecule has 2 N–H and O–H groups in total. The lowest BCUT2D eigenvalue weighted by Gasteiger charge is -2.11. The van der Waals surface area contributed by atoms with Gasteiger partial charge in [0.05, 0.1) is 5.69 Å². The number of carbonyl (C=O) groups is 1. The fourth-order valence-electron chi connectivity index (χ4n) is 2.15. The average Bonchev–Trinajstić information content (AvgIpc) is 3.14. The second-order valence-electron chi connectivity index (χ2n) is 4.39. The molecule has 1 atom stereocenters. The van der Waals surface area contributed by atoms with E-state index in [1.807, 2.05) is 11.4 Å². The van der Waals surface area contributed by atoms with Crippen molar-refractivity contribution in [1.82, 2.24) is 30.8 Å². The lowest BCUT2D eigenvalue weighted by atomic mass is 10.2. The van der Waals surface area contributed by atoms with Crippen molar-refractivity contribution in [3.05, 3.63) is 22.7 Å². The molecule has 3 rings (SSSR count). The van der Waals surface area contributed by atoms with Crippen LogP contribution in [0, 0.1) is 0 Å². The van der Waals surface area contributed by atoms with Crippen LogP contribution in [-0.4, -0.2) is 45.2 Å². The highest BCUT2D eigenvalue weighted by atomic mass is 35.5. The van der Waals surface area contributed by atoms with Crippen LogP contribution in [0.4, 0.5) is 0 Å². The molecule has 0 saturated carbocycles. The maximum Gasteiger partial charge on any atom is 0.263 e. The summed E-state index contributed by atoms with van der Waals surface area (Å²) in [7, 11) is 0. The molecule has 2 aromatic rings. The van der Waals surface area contributed by atoms with Crippen molar-refractivity contribution in [2.24, 2.45) is 0 Å². The molecule has 0 spiro atoms. The highest BCUT2D eigenvalue weighted by Crippen LogP contribution is 2.19. The number of nitrogens with one attached hydrogen (secondary N) is 2. The third kappa shape index (κ3) is 3.14. The van der Waals surface area contributed by atoms with Crippen molar-refractivity contribution in [3.63, 3.8) is 0 Å². The first-order chi connectivity index (χ1) is 9.34. The highest BCUT2D eigenvalue weighted by molar-refractivity contribution is 7.12. The molecule has 0 radical (unpaired) electrons. The van der Waals surface area contributed by atoms with Crippen LogP contribution in [0.1, 0.15) is 22.5 Å². The van der Waals surface area contributed by atoms with Gasteiger partial charge in [0, 0.05) is 12.6 Å². The molecule has 1 aliphatic heterocycles. The van der Waals surface area contributed by atoms with E-state index in [4.69, 9.17) is 0 Å². The Morgan fingerprint density at radius 3 is 3.20 bits per heavy atom. The Balaban J connectivity index is 0.00000147. The van der Waals surface area contributed by atoms with Crippen molar-refractivity contribution < 1.29 is 4.79 Å². The molecule has 108 valence electrons. The third-order valence-electron chi connectivity index (χ3n) is 3.12. The lowest BCUT2D eigenvalue weighted by molar-refractivity contribution is 0.0954. The fraction of sp³-hybridized carbons (Fsp3) is 0.455. The van der Waals surface area contributed by atoms with Crippen molar-refractivity contribution >= 4 is 29.7 Å². The SMILES string of the molecule is Cl.O=C(NCC1CCCN1)c1sccc1-n1cnnn1. The first kappa shape index (κ1) is 14.9. The van der Waals surface area contributed by atoms with Crippen molar-refractivity contribution in [2.75, 3.05) is 13.1 Å². The zero-order chi connectivity index (χ0) is 13.1. The van der Waals surface area contributed by atoms with Crippen LogP contribution >= 0.6 is 23.7 Å². The number of amides is 1. The predicted octanol–water partition coefficient (Wildman–Crippen LogP) is 0.627. The van der Waals surface area contributed by atoms with Crippen LogP contribution < -0.4 is 10.6 Å². The summed E-state index contributed by atoms with van der Waals surface area (Å²) in [6.07, 6.45) is 3.78. The summed E-state index contributed by atoms with van der Waals surface area (Å²) in [6.45, 7) is 1.70. The molecule has 1 aliphatic rings. The minimum atomic E-state index is -0.0748. The van der Waals surface area contributed by atoms with Gasteiger partial charge in [-0.3, -0.25) is 4.79 Å². The van der Waals surface area contributed by atoms with E-state index in [9.17, 15) is 4.79 Å². The Morgan fingerprint density at radius 2 is 2.50 bits per heavy atom. The molecule has 1 fully saturated rings. The maximum atomic E-state index is 12.2. The summed E-state index contributed by atoms with van der Waals surface area (Å²) in [6, 6.07) is 2.23. The molecule has 0 bridgehead atoms. The summed E-state index contributed by atoms with van der Waals surface area (Å²) in [5, 5.41) is 19.1. The van der Waals surface area contributed by atoms with Crippen LogP contribution in [0.3, 0.4) is 0 Å². The largest absolute Gasteiger partial charge is 0.350 e. The number of nitrogens with zero attached hydrogens (tertiary/aromatic N) is 4. The number of aromatic nitrogens is 4. The van der Waals surface area contributed by atoms with Gasteiger partial charge in [-0.25, -0.2) is 0 Å². The van der Waals surface area contributed by atoms with Gasteiger partial charge in [0.1, 0.15) is 11.2 Å². The summed E-state index contributed by atoms with van der Waals surface area (Å²) < 4.78 is 1.50. The van der Waals surface area contributed by atoms with E-state index in [-0.39, 0.29) is 18.3 Å². The smallest absolute Gasteiger partial charge is 0.263 e. The van der Waals surface area contributed by atoms with E-state index in [1.165, 1.54) is 28.8 Å². The molecule has 20 heavy (non-hydrogen) atoms. The van der Waals surface area contributed by atoms with E-state index in [0.717, 1.165) is 13.0 Å². The standard InChI is InChI=1S/C11H14N6OS.ClH/c18-11(13-6-8-2-1-4-12-8)10-9(3-5-19-10)17-7-14-15-16-17;/h3,5,7-8,12H,1-2,4,6H2,(H,13,18);1H. The van der Waals surface area contributed by atoms with Crippen LogP contribution in [0.5, 0.6) is 0 Å². The summed E-state index contributed by atoms with van der Waals surface area (Å²) in [4.78, 5) is 12.8. The van der Waals surface area contributed by atoms with Gasteiger partial charge in [-0.05, 0) is 41.3 Å². The van der Waals surface area contributed by atoms with Crippen LogP contribution in [0.2, 0.25) is 0 Å². The normalized spacial score (nSPS) is 17.7. The monoisotopic (exact) mass is 314 g/mol. The van der Waals surface area contributed by atoms with Gasteiger partial charge >= 0.3 is 0 Å². The minimum Gasteiger partial charge on any atom is -0.350 e. The van der Waals surface area contributed by atoms with Gasteiger partial charge in [-0.2, -0.15) is 4.68 Å². The minimum absolute atomic E-state index is 0. The maximum absolute atomic E-state index is 12.2.